The first kappa shape index (κ1) is 25.6. The van der Waals surface area contributed by atoms with E-state index in [4.69, 9.17) is 4.74 Å². The number of nitrogens with zero attached hydrogens (tertiary/aromatic N) is 2. The highest BCUT2D eigenvalue weighted by Crippen LogP contribution is 2.35. The van der Waals surface area contributed by atoms with E-state index in [0.29, 0.717) is 17.2 Å². The normalized spacial score (nSPS) is 10.9. The van der Waals surface area contributed by atoms with Gasteiger partial charge in [-0.05, 0) is 59.2 Å². The predicted octanol–water partition coefficient (Wildman–Crippen LogP) is 7.66. The Bertz CT molecular complexity index is 1760. The number of benzene rings is 4. The first-order valence-corrected chi connectivity index (χ1v) is 13.2. The molecule has 0 saturated carbocycles. The molecule has 0 aliphatic carbocycles. The molecule has 3 N–H and O–H groups in total. The fourth-order valence-corrected chi connectivity index (χ4v) is 4.72. The van der Waals surface area contributed by atoms with Gasteiger partial charge in [0.05, 0.1) is 5.39 Å². The lowest BCUT2D eigenvalue weighted by Gasteiger charge is -2.20. The molecule has 1 amide bonds. The van der Waals surface area contributed by atoms with Gasteiger partial charge in [0.25, 0.3) is 0 Å². The SMILES string of the molecule is C=CC(=O)Nc1cccc(-c2c[nH]c3ncnc(Nc4ccc(OC(c5ccccc5)c5ccccc5)cc4)c23)c1. The summed E-state index contributed by atoms with van der Waals surface area (Å²) in [6.07, 6.45) is 4.43. The smallest absolute Gasteiger partial charge is 0.247 e. The third-order valence-electron chi connectivity index (χ3n) is 6.67. The van der Waals surface area contributed by atoms with Crippen LogP contribution in [0.15, 0.2) is 134 Å². The van der Waals surface area contributed by atoms with Crippen LogP contribution in [0, 0.1) is 0 Å². The van der Waals surface area contributed by atoms with Crippen molar-refractivity contribution in [3.05, 3.63) is 146 Å². The fraction of sp³-hybridized carbons (Fsp3) is 0.0294. The maximum atomic E-state index is 11.8. The number of ether oxygens (including phenoxy) is 1. The Hall–Kier alpha value is -5.69. The van der Waals surface area contributed by atoms with Crippen molar-refractivity contribution < 1.29 is 9.53 Å². The second kappa shape index (κ2) is 11.6. The Morgan fingerprint density at radius 2 is 1.54 bits per heavy atom. The lowest BCUT2D eigenvalue weighted by molar-refractivity contribution is -0.111. The predicted molar refractivity (Wildman–Crippen MR) is 163 cm³/mol. The Morgan fingerprint density at radius 1 is 0.829 bits per heavy atom. The van der Waals surface area contributed by atoms with E-state index in [2.05, 4.69) is 56.4 Å². The first-order valence-electron chi connectivity index (χ1n) is 13.2. The second-order valence-electron chi connectivity index (χ2n) is 9.39. The number of nitrogens with one attached hydrogen (secondary N) is 3. The van der Waals surface area contributed by atoms with Crippen molar-refractivity contribution in [3.63, 3.8) is 0 Å². The summed E-state index contributed by atoms with van der Waals surface area (Å²) in [6.45, 7) is 3.52. The number of hydrogen-bond donors (Lipinski definition) is 3. The summed E-state index contributed by atoms with van der Waals surface area (Å²) in [4.78, 5) is 24.0. The van der Waals surface area contributed by atoms with Crippen LogP contribution in [0.3, 0.4) is 0 Å². The van der Waals surface area contributed by atoms with Gasteiger partial charge in [-0.3, -0.25) is 4.79 Å². The molecule has 0 radical (unpaired) electrons. The summed E-state index contributed by atoms with van der Waals surface area (Å²) < 4.78 is 6.48. The molecule has 2 aromatic heterocycles. The molecule has 0 fully saturated rings. The van der Waals surface area contributed by atoms with E-state index in [1.54, 1.807) is 0 Å². The number of anilines is 3. The lowest BCUT2D eigenvalue weighted by Crippen LogP contribution is -2.09. The van der Waals surface area contributed by atoms with Gasteiger partial charge >= 0.3 is 0 Å². The number of carbonyl (C=O) groups excluding carboxylic acids is 1. The summed E-state index contributed by atoms with van der Waals surface area (Å²) in [5.74, 6) is 1.15. The average molecular weight is 538 g/mol. The Balaban J connectivity index is 1.26. The number of carbonyl (C=O) groups is 1. The monoisotopic (exact) mass is 537 g/mol. The minimum Gasteiger partial charge on any atom is -0.481 e. The van der Waals surface area contributed by atoms with E-state index in [9.17, 15) is 4.79 Å². The molecule has 0 aliphatic rings. The zero-order chi connectivity index (χ0) is 28.0. The van der Waals surface area contributed by atoms with Gasteiger partial charge in [0, 0.05) is 23.1 Å². The fourth-order valence-electron chi connectivity index (χ4n) is 4.72. The summed E-state index contributed by atoms with van der Waals surface area (Å²) in [7, 11) is 0. The van der Waals surface area contributed by atoms with E-state index in [1.807, 2.05) is 91.1 Å². The molecule has 200 valence electrons. The van der Waals surface area contributed by atoms with Crippen molar-refractivity contribution in [2.75, 3.05) is 10.6 Å². The molecule has 0 unspecified atom stereocenters. The standard InChI is InChI=1S/C34H27N5O2/c1-2-30(40)38-27-15-9-14-25(20-27)29-21-35-33-31(29)34(37-22-36-33)39-26-16-18-28(19-17-26)41-32(23-10-5-3-6-11-23)24-12-7-4-8-13-24/h2-22,32H,1H2,(H,38,40)(H2,35,36,37,39). The maximum Gasteiger partial charge on any atom is 0.247 e. The molecule has 0 aliphatic heterocycles. The number of amides is 1. The quantitative estimate of drug-likeness (QED) is 0.165. The highest BCUT2D eigenvalue weighted by molar-refractivity contribution is 6.03. The van der Waals surface area contributed by atoms with Crippen LogP contribution in [0.5, 0.6) is 5.75 Å². The Kier molecular flexibility index (Phi) is 7.23. The van der Waals surface area contributed by atoms with Crippen LogP contribution in [0.2, 0.25) is 0 Å². The van der Waals surface area contributed by atoms with Gasteiger partial charge in [-0.15, -0.1) is 0 Å². The van der Waals surface area contributed by atoms with Gasteiger partial charge in [-0.1, -0.05) is 79.4 Å². The van der Waals surface area contributed by atoms with Crippen molar-refractivity contribution in [1.29, 1.82) is 0 Å². The van der Waals surface area contributed by atoms with Crippen LogP contribution in [0.25, 0.3) is 22.2 Å². The van der Waals surface area contributed by atoms with Crippen LogP contribution < -0.4 is 15.4 Å². The summed E-state index contributed by atoms with van der Waals surface area (Å²) in [6, 6.07) is 35.8. The number of aromatic amines is 1. The number of hydrogen-bond acceptors (Lipinski definition) is 5. The van der Waals surface area contributed by atoms with Crippen LogP contribution in [0.1, 0.15) is 17.2 Å². The molecule has 2 heterocycles. The Labute approximate surface area is 237 Å². The zero-order valence-corrected chi connectivity index (χ0v) is 22.1. The molecule has 4 aromatic carbocycles. The number of aromatic nitrogens is 3. The number of fused-ring (bicyclic) bond motifs is 1. The minimum atomic E-state index is -0.266. The number of rotatable bonds is 9. The third-order valence-corrected chi connectivity index (χ3v) is 6.67. The van der Waals surface area contributed by atoms with Crippen LogP contribution in [0.4, 0.5) is 17.2 Å². The van der Waals surface area contributed by atoms with Crippen LogP contribution in [-0.2, 0) is 4.79 Å². The van der Waals surface area contributed by atoms with Crippen molar-refractivity contribution in [2.45, 2.75) is 6.10 Å². The van der Waals surface area contributed by atoms with Crippen LogP contribution >= 0.6 is 0 Å². The Morgan fingerprint density at radius 3 is 2.22 bits per heavy atom. The maximum absolute atomic E-state index is 11.8. The molecule has 41 heavy (non-hydrogen) atoms. The molecule has 7 heteroatoms. The minimum absolute atomic E-state index is 0.230. The van der Waals surface area contributed by atoms with Gasteiger partial charge in [0.2, 0.25) is 5.91 Å². The number of H-pyrrole nitrogens is 1. The summed E-state index contributed by atoms with van der Waals surface area (Å²) >= 11 is 0. The molecule has 0 spiro atoms. The van der Waals surface area contributed by atoms with E-state index in [-0.39, 0.29) is 12.0 Å². The molecule has 6 rings (SSSR count). The van der Waals surface area contributed by atoms with E-state index in [1.165, 1.54) is 12.4 Å². The van der Waals surface area contributed by atoms with E-state index < -0.39 is 0 Å². The summed E-state index contributed by atoms with van der Waals surface area (Å²) in [5, 5.41) is 7.08. The van der Waals surface area contributed by atoms with Gasteiger partial charge in [0.1, 0.15) is 29.6 Å². The molecule has 0 atom stereocenters. The molecule has 6 aromatic rings. The zero-order valence-electron chi connectivity index (χ0n) is 22.1. The van der Waals surface area contributed by atoms with Crippen molar-refractivity contribution in [3.8, 4) is 16.9 Å². The molecular formula is C34H27N5O2. The van der Waals surface area contributed by atoms with Gasteiger partial charge < -0.3 is 20.4 Å². The largest absolute Gasteiger partial charge is 0.481 e. The van der Waals surface area contributed by atoms with Crippen molar-refractivity contribution in [2.24, 2.45) is 0 Å². The highest BCUT2D eigenvalue weighted by atomic mass is 16.5. The van der Waals surface area contributed by atoms with Crippen molar-refractivity contribution in [1.82, 2.24) is 15.0 Å². The highest BCUT2D eigenvalue weighted by Gasteiger charge is 2.17. The van der Waals surface area contributed by atoms with E-state index in [0.717, 1.165) is 39.1 Å². The molecule has 7 nitrogen and oxygen atoms in total. The summed E-state index contributed by atoms with van der Waals surface area (Å²) in [5.41, 5.74) is 6.21. The van der Waals surface area contributed by atoms with Gasteiger partial charge in [-0.2, -0.15) is 0 Å². The average Bonchev–Trinajstić information content (AvgIpc) is 3.47. The third kappa shape index (κ3) is 5.69. The van der Waals surface area contributed by atoms with Crippen molar-refractivity contribution >= 4 is 34.1 Å². The first-order chi connectivity index (χ1) is 20.2. The van der Waals surface area contributed by atoms with Gasteiger partial charge in [0.15, 0.2) is 0 Å². The second-order valence-corrected chi connectivity index (χ2v) is 9.39. The van der Waals surface area contributed by atoms with Gasteiger partial charge in [-0.25, -0.2) is 9.97 Å². The molecule has 0 saturated heterocycles. The topological polar surface area (TPSA) is 91.9 Å². The van der Waals surface area contributed by atoms with Crippen LogP contribution in [-0.4, -0.2) is 20.9 Å². The molecular weight excluding hydrogens is 510 g/mol. The lowest BCUT2D eigenvalue weighted by atomic mass is 10.0. The van der Waals surface area contributed by atoms with E-state index >= 15 is 0 Å². The molecule has 0 bridgehead atoms.